The number of rotatable bonds is 6. The normalized spacial score (nSPS) is 12.8. The van der Waals surface area contributed by atoms with Gasteiger partial charge in [-0.1, -0.05) is 126 Å². The molecule has 1 aliphatic rings. The molecule has 4 aromatic heterocycles. The second-order valence-electron chi connectivity index (χ2n) is 21.4. The maximum absolute atomic E-state index is 6.83. The zero-order chi connectivity index (χ0) is 47.9. The summed E-state index contributed by atoms with van der Waals surface area (Å²) in [6, 6.07) is 66.3. The maximum Gasteiger partial charge on any atom is 0.211 e. The molecular formula is C64H50BN3O2S. The van der Waals surface area contributed by atoms with Crippen LogP contribution in [-0.2, 0) is 10.8 Å². The lowest BCUT2D eigenvalue weighted by atomic mass is 9.63. The molecule has 0 unspecified atom stereocenters. The van der Waals surface area contributed by atoms with Crippen LogP contribution in [0.1, 0.15) is 52.7 Å². The number of para-hydroxylation sites is 3. The van der Waals surface area contributed by atoms with Crippen molar-refractivity contribution in [2.24, 2.45) is 0 Å². The minimum atomic E-state index is 0.00574. The highest BCUT2D eigenvalue weighted by Gasteiger charge is 2.31. The van der Waals surface area contributed by atoms with E-state index in [-0.39, 0.29) is 10.8 Å². The summed E-state index contributed by atoms with van der Waals surface area (Å²) in [5.74, 6) is 0. The molecule has 9 aromatic carbocycles. The molecule has 14 rings (SSSR count). The first-order valence-corrected chi connectivity index (χ1v) is 25.5. The fraction of sp³-hybridized carbons (Fsp3) is 0.125. The van der Waals surface area contributed by atoms with E-state index in [1.165, 1.54) is 59.0 Å². The molecule has 0 fully saturated rings. The number of nitrogens with zero attached hydrogens (tertiary/aromatic N) is 2. The van der Waals surface area contributed by atoms with E-state index in [4.69, 9.17) is 8.83 Å². The van der Waals surface area contributed by atoms with Crippen molar-refractivity contribution < 1.29 is 8.83 Å². The highest BCUT2D eigenvalue weighted by Crippen LogP contribution is 2.46. The van der Waals surface area contributed by atoms with Gasteiger partial charge in [0.25, 0.3) is 0 Å². The molecule has 7 heteroatoms. The smallest absolute Gasteiger partial charge is 0.211 e. The van der Waals surface area contributed by atoms with E-state index in [9.17, 15) is 0 Å². The van der Waals surface area contributed by atoms with E-state index in [1.54, 1.807) is 0 Å². The zero-order valence-electron chi connectivity index (χ0n) is 40.6. The van der Waals surface area contributed by atoms with Gasteiger partial charge in [0.1, 0.15) is 22.3 Å². The van der Waals surface area contributed by atoms with Gasteiger partial charge >= 0.3 is 0 Å². The molecule has 0 saturated heterocycles. The van der Waals surface area contributed by atoms with Crippen molar-refractivity contribution in [2.75, 3.05) is 10.2 Å². The Bertz CT molecular complexity index is 4260. The fourth-order valence-electron chi connectivity index (χ4n) is 11.3. The monoisotopic (exact) mass is 935 g/mol. The summed E-state index contributed by atoms with van der Waals surface area (Å²) < 4.78 is 18.7. The summed E-state index contributed by atoms with van der Waals surface area (Å²) in [5.41, 5.74) is 18.8. The van der Waals surface area contributed by atoms with Gasteiger partial charge in [-0.2, -0.15) is 0 Å². The third kappa shape index (κ3) is 6.59. The predicted molar refractivity (Wildman–Crippen MR) is 304 cm³/mol. The summed E-state index contributed by atoms with van der Waals surface area (Å²) in [6.45, 7) is 13.7. The van der Waals surface area contributed by atoms with Crippen LogP contribution in [0.3, 0.4) is 0 Å². The van der Waals surface area contributed by atoms with Crippen LogP contribution in [0.4, 0.5) is 28.4 Å². The van der Waals surface area contributed by atoms with Crippen LogP contribution in [0, 0.1) is 0 Å². The summed E-state index contributed by atoms with van der Waals surface area (Å²) in [7, 11) is 0.804. The molecule has 5 heterocycles. The van der Waals surface area contributed by atoms with Gasteiger partial charge in [-0.05, 0) is 123 Å². The highest BCUT2D eigenvalue weighted by molar-refractivity contribution is 7.29. The van der Waals surface area contributed by atoms with Gasteiger partial charge < -0.3 is 23.6 Å². The van der Waals surface area contributed by atoms with Gasteiger partial charge in [-0.3, -0.25) is 0 Å². The van der Waals surface area contributed by atoms with E-state index in [0.717, 1.165) is 90.7 Å². The van der Waals surface area contributed by atoms with Crippen molar-refractivity contribution in [3.05, 3.63) is 193 Å². The number of aromatic nitrogens is 1. The largest absolute Gasteiger partial charge is 0.456 e. The van der Waals surface area contributed by atoms with Crippen LogP contribution in [0.2, 0.25) is 0 Å². The topological polar surface area (TPSA) is 46.5 Å². The second-order valence-corrected chi connectivity index (χ2v) is 22.6. The predicted octanol–water partition coefficient (Wildman–Crippen LogP) is 17.0. The molecule has 0 saturated carbocycles. The molecule has 0 spiro atoms. The Labute approximate surface area is 416 Å². The lowest BCUT2D eigenvalue weighted by Gasteiger charge is -2.25. The molecular weight excluding hydrogens is 886 g/mol. The molecule has 1 N–H and O–H groups in total. The van der Waals surface area contributed by atoms with Crippen LogP contribution in [0.15, 0.2) is 191 Å². The van der Waals surface area contributed by atoms with Crippen molar-refractivity contribution >= 4 is 133 Å². The Morgan fingerprint density at radius 3 is 1.86 bits per heavy atom. The Kier molecular flexibility index (Phi) is 9.01. The third-order valence-electron chi connectivity index (χ3n) is 14.9. The highest BCUT2D eigenvalue weighted by atomic mass is 32.1. The van der Waals surface area contributed by atoms with E-state index < -0.39 is 0 Å². The van der Waals surface area contributed by atoms with Crippen molar-refractivity contribution in [1.29, 1.82) is 0 Å². The average molecular weight is 936 g/mol. The first-order valence-electron chi connectivity index (χ1n) is 24.7. The number of hydrogen-bond donors (Lipinski definition) is 1. The molecule has 342 valence electrons. The summed E-state index contributed by atoms with van der Waals surface area (Å²) in [6.07, 6.45) is 0. The van der Waals surface area contributed by atoms with Gasteiger partial charge in [0.2, 0.25) is 7.28 Å². The molecule has 5 nitrogen and oxygen atoms in total. The van der Waals surface area contributed by atoms with Crippen molar-refractivity contribution in [3.63, 3.8) is 0 Å². The van der Waals surface area contributed by atoms with Gasteiger partial charge in [-0.15, -0.1) is 11.3 Å². The number of benzene rings is 9. The van der Waals surface area contributed by atoms with Crippen LogP contribution in [0.25, 0.3) is 92.6 Å². The van der Waals surface area contributed by atoms with Crippen LogP contribution in [-0.4, -0.2) is 11.8 Å². The molecule has 1 aliphatic heterocycles. The molecule has 0 amide bonds. The number of hydrogen-bond acceptors (Lipinski definition) is 5. The minimum Gasteiger partial charge on any atom is -0.456 e. The Morgan fingerprint density at radius 1 is 0.479 bits per heavy atom. The summed E-state index contributed by atoms with van der Waals surface area (Å²) >= 11 is 1.93. The number of fused-ring (bicyclic) bond motifs is 13. The second kappa shape index (κ2) is 15.3. The Hall–Kier alpha value is -8.00. The van der Waals surface area contributed by atoms with E-state index in [1.807, 2.05) is 11.3 Å². The third-order valence-corrected chi connectivity index (χ3v) is 16.1. The first-order chi connectivity index (χ1) is 34.4. The van der Waals surface area contributed by atoms with Crippen molar-refractivity contribution in [2.45, 2.75) is 52.4 Å². The Morgan fingerprint density at radius 2 is 1.13 bits per heavy atom. The van der Waals surface area contributed by atoms with E-state index in [0.29, 0.717) is 0 Å². The minimum absolute atomic E-state index is 0.00574. The van der Waals surface area contributed by atoms with Crippen LogP contribution < -0.4 is 20.5 Å². The number of anilines is 5. The molecule has 71 heavy (non-hydrogen) atoms. The molecule has 0 radical (unpaired) electrons. The van der Waals surface area contributed by atoms with Gasteiger partial charge in [0.15, 0.2) is 0 Å². The average Bonchev–Trinajstić information content (AvgIpc) is 4.12. The maximum atomic E-state index is 6.83. The quantitative estimate of drug-likeness (QED) is 0.169. The fourth-order valence-corrected chi connectivity index (χ4v) is 12.4. The van der Waals surface area contributed by atoms with Gasteiger partial charge in [-0.25, -0.2) is 0 Å². The number of furan rings is 2. The molecule has 0 aliphatic carbocycles. The summed E-state index contributed by atoms with van der Waals surface area (Å²) in [4.78, 5) is 2.32. The summed E-state index contributed by atoms with van der Waals surface area (Å²) in [5, 5.41) is 12.1. The lowest BCUT2D eigenvalue weighted by molar-refractivity contribution is 0.590. The molecule has 0 atom stereocenters. The SMILES string of the molecule is CC(C)(C)c1ccc(Nc2cc3oc4ccc(N(c5ccccc5)c5ccccc5)cc4c3cc2-c2ccc3c4cc5c(cc4n4c3c2Bc2sc3ccc(C(C)(C)C)cc3c2-4)oc2ccccc25)cc1. The molecule has 0 bridgehead atoms. The Balaban J connectivity index is 1.04. The number of thiophene rings is 1. The van der Waals surface area contributed by atoms with Crippen LogP contribution in [0.5, 0.6) is 0 Å². The zero-order valence-corrected chi connectivity index (χ0v) is 41.5. The van der Waals surface area contributed by atoms with E-state index >= 15 is 0 Å². The van der Waals surface area contributed by atoms with Crippen molar-refractivity contribution in [3.8, 4) is 16.8 Å². The first kappa shape index (κ1) is 41.9. The number of nitrogens with one attached hydrogen (secondary N) is 1. The molecule has 13 aromatic rings. The lowest BCUT2D eigenvalue weighted by Crippen LogP contribution is -2.35. The van der Waals surface area contributed by atoms with E-state index in [2.05, 4.69) is 238 Å². The van der Waals surface area contributed by atoms with Crippen molar-refractivity contribution in [1.82, 2.24) is 4.57 Å². The van der Waals surface area contributed by atoms with Gasteiger partial charge in [0.05, 0.1) is 16.9 Å². The standard InChI is InChI=1S/C64H50BN3O2S/c1-63(2,3)37-21-24-39(25-22-37)66-52-35-56-50(48-32-42(26-29-55(48)70-56)67(40-15-9-7-10-16-40)41-17-11-8-12-18-41)33-46(52)44-27-28-45-47-34-49-43-19-13-14-20-54(43)69-57(49)36-53(47)68-60(45)59(44)65-62-61(68)51-31-38(64(4,5)6)23-30-58(51)71-62/h7-36,65-66H,1-6H3. The van der Waals surface area contributed by atoms with Gasteiger partial charge in [0, 0.05) is 88.4 Å². The van der Waals surface area contributed by atoms with Crippen LogP contribution >= 0.6 is 11.3 Å².